The van der Waals surface area contributed by atoms with Gasteiger partial charge in [0.05, 0.1) is 28.3 Å². The van der Waals surface area contributed by atoms with E-state index in [1.165, 1.54) is 19.1 Å². The Balaban J connectivity index is 2.67. The number of carbonyl (C=O) groups is 1. The standard InChI is InChI=1S/C16H9Cl2F3N2O3S/c1-2-26-15(25)12-10(5-11(16(19,20)21)23-14(12)24)27-13-8(17)3-7(6-22)4-9(13)18/h3-5H,2H2,1H3,(H,23,24). The maximum absolute atomic E-state index is 13.0. The van der Waals surface area contributed by atoms with Gasteiger partial charge in [-0.3, -0.25) is 4.79 Å². The van der Waals surface area contributed by atoms with Gasteiger partial charge in [0.15, 0.2) is 0 Å². The summed E-state index contributed by atoms with van der Waals surface area (Å²) in [6.07, 6.45) is -4.85. The van der Waals surface area contributed by atoms with Crippen LogP contribution >= 0.6 is 35.0 Å². The van der Waals surface area contributed by atoms with Crippen LogP contribution in [-0.4, -0.2) is 17.6 Å². The second-order valence-electron chi connectivity index (χ2n) is 4.95. The van der Waals surface area contributed by atoms with E-state index >= 15 is 0 Å². The van der Waals surface area contributed by atoms with Crippen molar-refractivity contribution in [3.63, 3.8) is 0 Å². The van der Waals surface area contributed by atoms with Gasteiger partial charge in [0.25, 0.3) is 5.56 Å². The van der Waals surface area contributed by atoms with Crippen molar-refractivity contribution in [1.82, 2.24) is 4.98 Å². The van der Waals surface area contributed by atoms with E-state index in [4.69, 9.17) is 33.2 Å². The lowest BCUT2D eigenvalue weighted by atomic mass is 10.2. The number of halogens is 5. The molecular formula is C16H9Cl2F3N2O3S. The summed E-state index contributed by atoms with van der Waals surface area (Å²) in [4.78, 5) is 25.5. The van der Waals surface area contributed by atoms with Gasteiger partial charge >= 0.3 is 12.1 Å². The summed E-state index contributed by atoms with van der Waals surface area (Å²) >= 11 is 12.7. The number of rotatable bonds is 4. The van der Waals surface area contributed by atoms with Crippen molar-refractivity contribution in [3.8, 4) is 6.07 Å². The summed E-state index contributed by atoms with van der Waals surface area (Å²) < 4.78 is 43.9. The van der Waals surface area contributed by atoms with Crippen molar-refractivity contribution in [2.75, 3.05) is 6.61 Å². The molecule has 0 unspecified atom stereocenters. The first-order chi connectivity index (χ1) is 12.6. The number of alkyl halides is 3. The fourth-order valence-electron chi connectivity index (χ4n) is 2.00. The first-order valence-corrected chi connectivity index (χ1v) is 8.74. The molecule has 0 saturated heterocycles. The second kappa shape index (κ2) is 8.25. The van der Waals surface area contributed by atoms with Gasteiger partial charge < -0.3 is 9.72 Å². The molecule has 1 heterocycles. The van der Waals surface area contributed by atoms with Gasteiger partial charge in [-0.15, -0.1) is 0 Å². The number of nitrogens with one attached hydrogen (secondary N) is 1. The normalized spacial score (nSPS) is 11.1. The predicted octanol–water partition coefficient (Wildman–Crippen LogP) is 4.90. The number of aromatic nitrogens is 1. The largest absolute Gasteiger partial charge is 0.462 e. The number of hydrogen-bond acceptors (Lipinski definition) is 5. The minimum atomic E-state index is -4.85. The van der Waals surface area contributed by atoms with Crippen LogP contribution in [0.15, 0.2) is 32.8 Å². The Morgan fingerprint density at radius 2 is 1.89 bits per heavy atom. The number of hydrogen-bond donors (Lipinski definition) is 1. The number of pyridine rings is 1. The molecule has 0 fully saturated rings. The molecule has 1 N–H and O–H groups in total. The van der Waals surface area contributed by atoms with E-state index in [-0.39, 0.29) is 32.0 Å². The Labute approximate surface area is 165 Å². The Kier molecular flexibility index (Phi) is 6.46. The van der Waals surface area contributed by atoms with Gasteiger partial charge in [-0.1, -0.05) is 35.0 Å². The van der Waals surface area contributed by atoms with Crippen LogP contribution in [0.4, 0.5) is 13.2 Å². The van der Waals surface area contributed by atoms with E-state index in [0.29, 0.717) is 17.8 Å². The third-order valence-corrected chi connectivity index (χ3v) is 5.13. The lowest BCUT2D eigenvalue weighted by Crippen LogP contribution is -2.25. The van der Waals surface area contributed by atoms with Crippen LogP contribution < -0.4 is 5.56 Å². The number of nitriles is 1. The van der Waals surface area contributed by atoms with Crippen molar-refractivity contribution in [2.24, 2.45) is 0 Å². The smallest absolute Gasteiger partial charge is 0.431 e. The highest BCUT2D eigenvalue weighted by Gasteiger charge is 2.34. The summed E-state index contributed by atoms with van der Waals surface area (Å²) in [5, 5.41) is 8.86. The Morgan fingerprint density at radius 1 is 1.30 bits per heavy atom. The van der Waals surface area contributed by atoms with Crippen LogP contribution in [0, 0.1) is 11.3 Å². The summed E-state index contributed by atoms with van der Waals surface area (Å²) in [6.45, 7) is 1.40. The van der Waals surface area contributed by atoms with E-state index in [0.717, 1.165) is 0 Å². The zero-order chi connectivity index (χ0) is 20.4. The fraction of sp³-hybridized carbons (Fsp3) is 0.188. The topological polar surface area (TPSA) is 82.9 Å². The van der Waals surface area contributed by atoms with Crippen LogP contribution in [0.5, 0.6) is 0 Å². The molecule has 1 aromatic heterocycles. The van der Waals surface area contributed by atoms with Crippen LogP contribution in [0.1, 0.15) is 28.5 Å². The molecule has 0 atom stereocenters. The van der Waals surface area contributed by atoms with E-state index in [2.05, 4.69) is 0 Å². The molecule has 1 aromatic carbocycles. The number of benzene rings is 1. The molecular weight excluding hydrogens is 428 g/mol. The number of nitrogens with zero attached hydrogens (tertiary/aromatic N) is 1. The first-order valence-electron chi connectivity index (χ1n) is 7.17. The summed E-state index contributed by atoms with van der Waals surface area (Å²) in [5.74, 6) is -1.09. The zero-order valence-corrected chi connectivity index (χ0v) is 15.7. The number of aromatic amines is 1. The van der Waals surface area contributed by atoms with E-state index in [9.17, 15) is 22.8 Å². The monoisotopic (exact) mass is 436 g/mol. The summed E-state index contributed by atoms with van der Waals surface area (Å²) in [5.41, 5.74) is -3.07. The van der Waals surface area contributed by atoms with Crippen molar-refractivity contribution in [1.29, 1.82) is 5.26 Å². The molecule has 2 aromatic rings. The fourth-order valence-corrected chi connectivity index (χ4v) is 3.70. The molecule has 142 valence electrons. The van der Waals surface area contributed by atoms with E-state index < -0.39 is 29.0 Å². The van der Waals surface area contributed by atoms with Crippen molar-refractivity contribution in [3.05, 3.63) is 55.4 Å². The molecule has 0 aliphatic heterocycles. The molecule has 27 heavy (non-hydrogen) atoms. The number of ether oxygens (including phenoxy) is 1. The van der Waals surface area contributed by atoms with Crippen LogP contribution in [0.3, 0.4) is 0 Å². The van der Waals surface area contributed by atoms with Gasteiger partial charge in [0.2, 0.25) is 0 Å². The van der Waals surface area contributed by atoms with Crippen LogP contribution in [-0.2, 0) is 10.9 Å². The lowest BCUT2D eigenvalue weighted by Gasteiger charge is -2.13. The first kappa shape index (κ1) is 21.2. The molecule has 2 rings (SSSR count). The number of H-pyrrole nitrogens is 1. The summed E-state index contributed by atoms with van der Waals surface area (Å²) in [6, 6.07) is 4.95. The molecule has 0 radical (unpaired) electrons. The number of esters is 1. The van der Waals surface area contributed by atoms with E-state index in [1.54, 1.807) is 4.98 Å². The molecule has 0 bridgehead atoms. The SMILES string of the molecule is CCOC(=O)c1c(Sc2c(Cl)cc(C#N)cc2Cl)cc(C(F)(F)F)[nH]c1=O. The maximum Gasteiger partial charge on any atom is 0.431 e. The summed E-state index contributed by atoms with van der Waals surface area (Å²) in [7, 11) is 0. The molecule has 0 amide bonds. The third kappa shape index (κ3) is 4.77. The minimum absolute atomic E-state index is 0.0206. The van der Waals surface area contributed by atoms with Gasteiger partial charge in [0, 0.05) is 9.79 Å². The lowest BCUT2D eigenvalue weighted by molar-refractivity contribution is -0.141. The molecule has 0 aliphatic carbocycles. The van der Waals surface area contributed by atoms with Crippen molar-refractivity contribution >= 4 is 40.9 Å². The van der Waals surface area contributed by atoms with Crippen LogP contribution in [0.25, 0.3) is 0 Å². The van der Waals surface area contributed by atoms with Gasteiger partial charge in [-0.2, -0.15) is 18.4 Å². The molecule has 0 spiro atoms. The van der Waals surface area contributed by atoms with Crippen molar-refractivity contribution in [2.45, 2.75) is 22.9 Å². The Hall–Kier alpha value is -2.15. The highest BCUT2D eigenvalue weighted by Crippen LogP contribution is 2.41. The second-order valence-corrected chi connectivity index (χ2v) is 6.82. The average Bonchev–Trinajstić information content (AvgIpc) is 2.56. The third-order valence-electron chi connectivity index (χ3n) is 3.12. The van der Waals surface area contributed by atoms with Gasteiger partial charge in [-0.05, 0) is 25.1 Å². The molecule has 0 aliphatic rings. The van der Waals surface area contributed by atoms with E-state index in [1.807, 2.05) is 6.07 Å². The molecule has 0 saturated carbocycles. The predicted molar refractivity (Wildman–Crippen MR) is 93.3 cm³/mol. The van der Waals surface area contributed by atoms with Crippen LogP contribution in [0.2, 0.25) is 10.0 Å². The Morgan fingerprint density at radius 3 is 2.37 bits per heavy atom. The van der Waals surface area contributed by atoms with Crippen molar-refractivity contribution < 1.29 is 22.7 Å². The highest BCUT2D eigenvalue weighted by molar-refractivity contribution is 7.99. The molecule has 11 heteroatoms. The minimum Gasteiger partial charge on any atom is -0.462 e. The highest BCUT2D eigenvalue weighted by atomic mass is 35.5. The maximum atomic E-state index is 13.0. The van der Waals surface area contributed by atoms with Gasteiger partial charge in [-0.25, -0.2) is 4.79 Å². The quantitative estimate of drug-likeness (QED) is 0.689. The number of carbonyl (C=O) groups excluding carboxylic acids is 1. The van der Waals surface area contributed by atoms with Gasteiger partial charge in [0.1, 0.15) is 11.3 Å². The Bertz CT molecular complexity index is 977. The average molecular weight is 437 g/mol. The molecule has 5 nitrogen and oxygen atoms in total. The zero-order valence-electron chi connectivity index (χ0n) is 13.4.